The highest BCUT2D eigenvalue weighted by Gasteiger charge is 2.49. The van der Waals surface area contributed by atoms with Crippen LogP contribution in [-0.4, -0.2) is 8.07 Å². The fourth-order valence-corrected chi connectivity index (χ4v) is 17.4. The first-order valence-corrected chi connectivity index (χ1v) is 25.8. The smallest absolute Gasteiger partial charge is 0.0636 e. The van der Waals surface area contributed by atoms with Crippen LogP contribution in [0.3, 0.4) is 0 Å². The van der Waals surface area contributed by atoms with Crippen LogP contribution in [0.2, 0.25) is 0 Å². The minimum Gasteiger partial charge on any atom is -0.0636 e. The van der Waals surface area contributed by atoms with Gasteiger partial charge in [-0.05, 0) is 152 Å². The lowest BCUT2D eigenvalue weighted by Crippen LogP contribution is -2.70. The van der Waals surface area contributed by atoms with E-state index < -0.39 is 8.07 Å². The van der Waals surface area contributed by atoms with E-state index >= 15 is 0 Å². The van der Waals surface area contributed by atoms with Gasteiger partial charge in [-0.3, -0.25) is 0 Å². The fourth-order valence-electron chi connectivity index (χ4n) is 11.4. The van der Waals surface area contributed by atoms with Crippen molar-refractivity contribution < 1.29 is 0 Å². The summed E-state index contributed by atoms with van der Waals surface area (Å²) in [6, 6.07) is 82.1. The Morgan fingerprint density at radius 2 is 0.552 bits per heavy atom. The number of hydrogen-bond donors (Lipinski definition) is 0. The van der Waals surface area contributed by atoms with Crippen molar-refractivity contribution in [2.75, 3.05) is 0 Å². The Morgan fingerprint density at radius 1 is 0.299 bits per heavy atom. The van der Waals surface area contributed by atoms with Gasteiger partial charge in [0, 0.05) is 0 Å². The van der Waals surface area contributed by atoms with E-state index in [1.165, 1.54) is 116 Å². The maximum Gasteiger partial charge on any atom is 0.176 e. The summed E-state index contributed by atoms with van der Waals surface area (Å²) in [7, 11) is -3.32. The lowest BCUT2D eigenvalue weighted by atomic mass is 9.91. The van der Waals surface area contributed by atoms with Crippen LogP contribution in [0, 0.1) is 26.7 Å². The summed E-state index contributed by atoms with van der Waals surface area (Å²) in [5.41, 5.74) is 23.2. The van der Waals surface area contributed by atoms with Gasteiger partial charge in [0.2, 0.25) is 0 Å². The average molecular weight is 879 g/mol. The van der Waals surface area contributed by atoms with Crippen molar-refractivity contribution in [1.29, 1.82) is 0 Å². The molecule has 0 aliphatic heterocycles. The Bertz CT molecular complexity index is 2990. The quantitative estimate of drug-likeness (QED) is 0.0948. The molecule has 0 spiro atoms. The molecule has 0 saturated carbocycles. The number of aryl methyl sites for hydroxylation is 3. The largest absolute Gasteiger partial charge is 0.176 e. The highest BCUT2D eigenvalue weighted by atomic mass is 28.3. The average Bonchev–Trinajstić information content (AvgIpc) is 3.56. The zero-order valence-electron chi connectivity index (χ0n) is 39.9. The molecule has 1 aliphatic rings. The summed E-state index contributed by atoms with van der Waals surface area (Å²) >= 11 is 0. The fraction of sp³-hybridized carbons (Fsp3) is 0.121. The molecule has 0 heterocycles. The van der Waals surface area contributed by atoms with E-state index in [1.54, 1.807) is 5.20 Å². The van der Waals surface area contributed by atoms with Gasteiger partial charge in [-0.1, -0.05) is 242 Å². The summed E-state index contributed by atoms with van der Waals surface area (Å²) in [6.45, 7) is 16.7. The van der Waals surface area contributed by atoms with E-state index in [4.69, 9.17) is 0 Å². The minimum atomic E-state index is -3.32. The second kappa shape index (κ2) is 18.2. The van der Waals surface area contributed by atoms with Crippen molar-refractivity contribution in [3.63, 3.8) is 0 Å². The normalized spacial score (nSPS) is 13.9. The molecule has 1 atom stereocenters. The lowest BCUT2D eigenvalue weighted by Gasteiger charge is -2.41. The first-order valence-electron chi connectivity index (χ1n) is 23.8. The van der Waals surface area contributed by atoms with E-state index in [1.807, 2.05) is 0 Å². The molecule has 9 aromatic carbocycles. The van der Waals surface area contributed by atoms with E-state index in [2.05, 4.69) is 267 Å². The van der Waals surface area contributed by atoms with Crippen LogP contribution in [-0.2, 0) is 0 Å². The molecule has 10 rings (SSSR count). The van der Waals surface area contributed by atoms with Crippen LogP contribution in [0.25, 0.3) is 66.8 Å². The summed E-state index contributed by atoms with van der Waals surface area (Å²) in [5.74, 6) is 0.226. The molecule has 326 valence electrons. The summed E-state index contributed by atoms with van der Waals surface area (Å²) in [4.78, 5) is 0. The van der Waals surface area contributed by atoms with Crippen molar-refractivity contribution in [3.05, 3.63) is 257 Å². The molecule has 0 radical (unpaired) electrons. The summed E-state index contributed by atoms with van der Waals surface area (Å²) in [6.07, 6.45) is 0. The standard InChI is InChI=1S/C66H58Si/c1-44-38-57(41-60(51-26-14-8-15-27-51)63(44)54-32-20-11-21-33-54)67(66-49(6)47(4)48(5)50(66)7,58-39-45(2)64(55-34-22-12-23-35-55)61(42-58)52-28-16-9-17-29-52)59-40-46(3)65(56-36-24-13-25-37-56)62(43-59)53-30-18-10-19-31-53/h8-43,49H,1-7H3. The van der Waals surface area contributed by atoms with Crippen molar-refractivity contribution in [2.45, 2.75) is 48.5 Å². The zero-order valence-corrected chi connectivity index (χ0v) is 40.9. The third-order valence-electron chi connectivity index (χ3n) is 14.8. The van der Waals surface area contributed by atoms with Crippen molar-refractivity contribution in [2.24, 2.45) is 5.92 Å². The Labute approximate surface area is 399 Å². The topological polar surface area (TPSA) is 0 Å². The molecule has 0 saturated heterocycles. The molecule has 0 fully saturated rings. The van der Waals surface area contributed by atoms with Gasteiger partial charge < -0.3 is 0 Å². The van der Waals surface area contributed by atoms with E-state index in [0.717, 1.165) is 0 Å². The SMILES string of the molecule is CC1=C(C)C(C)C([Si](c2cc(C)c(-c3ccccc3)c(-c3ccccc3)c2)(c2cc(C)c(-c3ccccc3)c(-c3ccccc3)c2)c2cc(C)c(-c3ccccc3)c(-c3ccccc3)c2)=C1C. The second-order valence-corrected chi connectivity index (χ2v) is 22.4. The third-order valence-corrected chi connectivity index (χ3v) is 19.9. The minimum absolute atomic E-state index is 0.226. The molecule has 0 amide bonds. The molecule has 1 heteroatoms. The predicted molar refractivity (Wildman–Crippen MR) is 291 cm³/mol. The van der Waals surface area contributed by atoms with Crippen LogP contribution in [0.4, 0.5) is 0 Å². The van der Waals surface area contributed by atoms with E-state index in [-0.39, 0.29) is 5.92 Å². The van der Waals surface area contributed by atoms with Gasteiger partial charge in [-0.25, -0.2) is 0 Å². The molecule has 67 heavy (non-hydrogen) atoms. The van der Waals surface area contributed by atoms with Crippen LogP contribution in [0.15, 0.2) is 240 Å². The van der Waals surface area contributed by atoms with Crippen LogP contribution in [0.1, 0.15) is 44.4 Å². The van der Waals surface area contributed by atoms with Crippen molar-refractivity contribution in [1.82, 2.24) is 0 Å². The van der Waals surface area contributed by atoms with Gasteiger partial charge in [-0.2, -0.15) is 0 Å². The van der Waals surface area contributed by atoms with Gasteiger partial charge in [0.25, 0.3) is 0 Å². The molecule has 0 bridgehead atoms. The Morgan fingerprint density at radius 3 is 0.791 bits per heavy atom. The zero-order chi connectivity index (χ0) is 46.2. The molecule has 0 aromatic heterocycles. The summed E-state index contributed by atoms with van der Waals surface area (Å²) < 4.78 is 0. The lowest BCUT2D eigenvalue weighted by molar-refractivity contribution is 0.851. The van der Waals surface area contributed by atoms with E-state index in [0.29, 0.717) is 0 Å². The molecule has 9 aromatic rings. The number of rotatable bonds is 10. The van der Waals surface area contributed by atoms with Gasteiger partial charge in [0.15, 0.2) is 8.07 Å². The van der Waals surface area contributed by atoms with Crippen LogP contribution < -0.4 is 15.6 Å². The Balaban J connectivity index is 1.43. The van der Waals surface area contributed by atoms with E-state index in [9.17, 15) is 0 Å². The highest BCUT2D eigenvalue weighted by molar-refractivity contribution is 7.16. The van der Waals surface area contributed by atoms with Gasteiger partial charge in [-0.15, -0.1) is 0 Å². The predicted octanol–water partition coefficient (Wildman–Crippen LogP) is 15.9. The summed E-state index contributed by atoms with van der Waals surface area (Å²) in [5, 5.41) is 5.79. The molecule has 0 nitrogen and oxygen atoms in total. The van der Waals surface area contributed by atoms with Gasteiger partial charge in [0.05, 0.1) is 0 Å². The first kappa shape index (κ1) is 43.6. The van der Waals surface area contributed by atoms with Crippen molar-refractivity contribution >= 4 is 23.6 Å². The first-order chi connectivity index (χ1) is 32.7. The van der Waals surface area contributed by atoms with Gasteiger partial charge >= 0.3 is 0 Å². The molecular weight excluding hydrogens is 821 g/mol. The monoisotopic (exact) mass is 878 g/mol. The molecular formula is C66H58Si. The Kier molecular flexibility index (Phi) is 11.8. The number of benzene rings is 9. The number of allylic oxidation sites excluding steroid dienone is 4. The Hall–Kier alpha value is -7.32. The van der Waals surface area contributed by atoms with Crippen molar-refractivity contribution in [3.8, 4) is 66.8 Å². The maximum atomic E-state index is 2.62. The highest BCUT2D eigenvalue weighted by Crippen LogP contribution is 2.45. The third kappa shape index (κ3) is 7.68. The van der Waals surface area contributed by atoms with Crippen LogP contribution >= 0.6 is 0 Å². The van der Waals surface area contributed by atoms with Crippen LogP contribution in [0.5, 0.6) is 0 Å². The van der Waals surface area contributed by atoms with Gasteiger partial charge in [0.1, 0.15) is 0 Å². The number of hydrogen-bond acceptors (Lipinski definition) is 0. The molecule has 1 aliphatic carbocycles. The maximum absolute atomic E-state index is 3.32. The molecule has 1 unspecified atom stereocenters. The molecule has 0 N–H and O–H groups in total. The second-order valence-electron chi connectivity index (χ2n) is 18.7.